The predicted octanol–water partition coefficient (Wildman–Crippen LogP) is 1.64. The number of nitrogens with two attached hydrogens (primary N) is 1. The van der Waals surface area contributed by atoms with E-state index in [9.17, 15) is 4.79 Å². The molecule has 5 nitrogen and oxygen atoms in total. The summed E-state index contributed by atoms with van der Waals surface area (Å²) in [6.07, 6.45) is 0. The summed E-state index contributed by atoms with van der Waals surface area (Å²) < 4.78 is 5.19. The quantitative estimate of drug-likeness (QED) is 0.842. The number of H-pyrrole nitrogens is 1. The maximum absolute atomic E-state index is 11.6. The molecule has 0 fully saturated rings. The van der Waals surface area contributed by atoms with Gasteiger partial charge in [0.1, 0.15) is 17.4 Å². The molecule has 0 saturated heterocycles. The molecular weight excluding hydrogens is 230 g/mol. The molecule has 0 unspecified atom stereocenters. The highest BCUT2D eigenvalue weighted by molar-refractivity contribution is 5.60. The number of anilines is 1. The first-order valence-electron chi connectivity index (χ1n) is 5.54. The zero-order valence-corrected chi connectivity index (χ0v) is 10.6. The van der Waals surface area contributed by atoms with Gasteiger partial charge in [-0.1, -0.05) is 0 Å². The van der Waals surface area contributed by atoms with Crippen molar-refractivity contribution in [2.75, 3.05) is 12.8 Å². The molecule has 0 aliphatic heterocycles. The van der Waals surface area contributed by atoms with E-state index < -0.39 is 0 Å². The SMILES string of the molecule is COc1ccc(-c2nc(N)c(C)c(=O)[nH]2)cc1C. The lowest BCUT2D eigenvalue weighted by Gasteiger charge is -2.08. The predicted molar refractivity (Wildman–Crippen MR) is 70.7 cm³/mol. The Bertz CT molecular complexity index is 647. The van der Waals surface area contributed by atoms with Crippen molar-refractivity contribution in [3.63, 3.8) is 0 Å². The van der Waals surface area contributed by atoms with Crippen LogP contribution >= 0.6 is 0 Å². The van der Waals surface area contributed by atoms with Gasteiger partial charge in [-0.15, -0.1) is 0 Å². The fraction of sp³-hybridized carbons (Fsp3) is 0.231. The van der Waals surface area contributed by atoms with Crippen LogP contribution < -0.4 is 16.0 Å². The Hall–Kier alpha value is -2.30. The van der Waals surface area contributed by atoms with Gasteiger partial charge in [-0.25, -0.2) is 4.98 Å². The van der Waals surface area contributed by atoms with Crippen LogP contribution in [0.15, 0.2) is 23.0 Å². The number of nitrogens with zero attached hydrogens (tertiary/aromatic N) is 1. The number of aromatic amines is 1. The molecule has 0 atom stereocenters. The van der Waals surface area contributed by atoms with Crippen LogP contribution in [0, 0.1) is 13.8 Å². The van der Waals surface area contributed by atoms with Crippen molar-refractivity contribution in [3.05, 3.63) is 39.7 Å². The van der Waals surface area contributed by atoms with E-state index in [-0.39, 0.29) is 11.4 Å². The average molecular weight is 245 g/mol. The summed E-state index contributed by atoms with van der Waals surface area (Å²) >= 11 is 0. The van der Waals surface area contributed by atoms with E-state index in [2.05, 4.69) is 9.97 Å². The van der Waals surface area contributed by atoms with Gasteiger partial charge in [-0.3, -0.25) is 4.79 Å². The van der Waals surface area contributed by atoms with Crippen LogP contribution in [0.2, 0.25) is 0 Å². The van der Waals surface area contributed by atoms with Gasteiger partial charge < -0.3 is 15.5 Å². The number of benzene rings is 1. The molecule has 1 heterocycles. The number of nitrogen functional groups attached to an aromatic ring is 1. The number of aryl methyl sites for hydroxylation is 1. The van der Waals surface area contributed by atoms with Gasteiger partial charge in [0.2, 0.25) is 0 Å². The molecule has 5 heteroatoms. The van der Waals surface area contributed by atoms with Crippen LogP contribution in [-0.2, 0) is 0 Å². The lowest BCUT2D eigenvalue weighted by molar-refractivity contribution is 0.412. The van der Waals surface area contributed by atoms with Crippen molar-refractivity contribution in [1.29, 1.82) is 0 Å². The monoisotopic (exact) mass is 245 g/mol. The van der Waals surface area contributed by atoms with Crippen LogP contribution in [0.1, 0.15) is 11.1 Å². The molecule has 94 valence electrons. The average Bonchev–Trinajstić information content (AvgIpc) is 2.35. The van der Waals surface area contributed by atoms with Gasteiger partial charge in [-0.05, 0) is 37.6 Å². The summed E-state index contributed by atoms with van der Waals surface area (Å²) in [5.74, 6) is 1.51. The topological polar surface area (TPSA) is 81.0 Å². The Labute approximate surface area is 105 Å². The van der Waals surface area contributed by atoms with E-state index in [0.717, 1.165) is 16.9 Å². The van der Waals surface area contributed by atoms with Crippen molar-refractivity contribution >= 4 is 5.82 Å². The summed E-state index contributed by atoms with van der Waals surface area (Å²) in [5.41, 5.74) is 7.69. The largest absolute Gasteiger partial charge is 0.496 e. The van der Waals surface area contributed by atoms with Crippen LogP contribution in [0.4, 0.5) is 5.82 Å². The third-order valence-electron chi connectivity index (χ3n) is 2.86. The summed E-state index contributed by atoms with van der Waals surface area (Å²) in [5, 5.41) is 0. The third kappa shape index (κ3) is 2.07. The van der Waals surface area contributed by atoms with Crippen molar-refractivity contribution in [2.45, 2.75) is 13.8 Å². The smallest absolute Gasteiger partial charge is 0.256 e. The zero-order valence-electron chi connectivity index (χ0n) is 10.6. The van der Waals surface area contributed by atoms with Gasteiger partial charge >= 0.3 is 0 Å². The maximum atomic E-state index is 11.6. The molecule has 0 spiro atoms. The highest BCUT2D eigenvalue weighted by Gasteiger charge is 2.08. The standard InChI is InChI=1S/C13H15N3O2/c1-7-6-9(4-5-10(7)18-3)12-15-11(14)8(2)13(17)16-12/h4-6H,1-3H3,(H3,14,15,16,17). The molecule has 1 aromatic heterocycles. The second-order valence-corrected chi connectivity index (χ2v) is 4.11. The summed E-state index contributed by atoms with van der Waals surface area (Å²) in [7, 11) is 1.62. The second kappa shape index (κ2) is 4.52. The first-order valence-corrected chi connectivity index (χ1v) is 5.54. The lowest BCUT2D eigenvalue weighted by atomic mass is 10.1. The Morgan fingerprint density at radius 3 is 2.61 bits per heavy atom. The highest BCUT2D eigenvalue weighted by Crippen LogP contribution is 2.23. The van der Waals surface area contributed by atoms with E-state index >= 15 is 0 Å². The van der Waals surface area contributed by atoms with Gasteiger partial charge in [0.25, 0.3) is 5.56 Å². The minimum absolute atomic E-state index is 0.217. The molecule has 0 aliphatic carbocycles. The molecule has 18 heavy (non-hydrogen) atoms. The van der Waals surface area contributed by atoms with E-state index in [0.29, 0.717) is 11.4 Å². The van der Waals surface area contributed by atoms with E-state index in [1.54, 1.807) is 14.0 Å². The lowest BCUT2D eigenvalue weighted by Crippen LogP contribution is -2.15. The normalized spacial score (nSPS) is 10.4. The van der Waals surface area contributed by atoms with Crippen molar-refractivity contribution in [3.8, 4) is 17.1 Å². The zero-order chi connectivity index (χ0) is 13.3. The Morgan fingerprint density at radius 2 is 2.06 bits per heavy atom. The van der Waals surface area contributed by atoms with Gasteiger partial charge in [0.15, 0.2) is 0 Å². The number of hydrogen-bond donors (Lipinski definition) is 2. The highest BCUT2D eigenvalue weighted by atomic mass is 16.5. The molecule has 0 bridgehead atoms. The van der Waals surface area contributed by atoms with E-state index in [4.69, 9.17) is 10.5 Å². The third-order valence-corrected chi connectivity index (χ3v) is 2.86. The van der Waals surface area contributed by atoms with Crippen LogP contribution in [0.5, 0.6) is 5.75 Å². The number of nitrogens with one attached hydrogen (secondary N) is 1. The van der Waals surface area contributed by atoms with Crippen molar-refractivity contribution < 1.29 is 4.74 Å². The molecule has 2 rings (SSSR count). The number of ether oxygens (including phenoxy) is 1. The Morgan fingerprint density at radius 1 is 1.33 bits per heavy atom. The van der Waals surface area contributed by atoms with Crippen molar-refractivity contribution in [2.24, 2.45) is 0 Å². The number of aromatic nitrogens is 2. The van der Waals surface area contributed by atoms with Crippen LogP contribution in [0.25, 0.3) is 11.4 Å². The molecule has 0 radical (unpaired) electrons. The Kier molecular flexibility index (Phi) is 3.06. The van der Waals surface area contributed by atoms with E-state index in [1.165, 1.54) is 0 Å². The number of rotatable bonds is 2. The summed E-state index contributed by atoms with van der Waals surface area (Å²) in [6.45, 7) is 3.57. The minimum atomic E-state index is -0.217. The molecule has 1 aromatic carbocycles. The molecule has 0 aliphatic rings. The second-order valence-electron chi connectivity index (χ2n) is 4.11. The van der Waals surface area contributed by atoms with Crippen molar-refractivity contribution in [1.82, 2.24) is 9.97 Å². The molecule has 3 N–H and O–H groups in total. The fourth-order valence-electron chi connectivity index (χ4n) is 1.71. The van der Waals surface area contributed by atoms with Gasteiger partial charge in [-0.2, -0.15) is 0 Å². The first-order chi connectivity index (χ1) is 8.52. The summed E-state index contributed by atoms with van der Waals surface area (Å²) in [4.78, 5) is 18.5. The Balaban J connectivity index is 2.56. The minimum Gasteiger partial charge on any atom is -0.496 e. The maximum Gasteiger partial charge on any atom is 0.256 e. The molecule has 0 amide bonds. The molecular formula is C13H15N3O2. The summed E-state index contributed by atoms with van der Waals surface area (Å²) in [6, 6.07) is 5.56. The molecule has 2 aromatic rings. The van der Waals surface area contributed by atoms with Gasteiger partial charge in [0.05, 0.1) is 12.7 Å². The first kappa shape index (κ1) is 12.2. The number of methoxy groups -OCH3 is 1. The van der Waals surface area contributed by atoms with Crippen LogP contribution in [0.3, 0.4) is 0 Å². The molecule has 0 saturated carbocycles. The van der Waals surface area contributed by atoms with Crippen LogP contribution in [-0.4, -0.2) is 17.1 Å². The fourth-order valence-corrected chi connectivity index (χ4v) is 1.71. The van der Waals surface area contributed by atoms with E-state index in [1.807, 2.05) is 25.1 Å². The van der Waals surface area contributed by atoms with Gasteiger partial charge in [0, 0.05) is 5.56 Å². The number of hydrogen-bond acceptors (Lipinski definition) is 4.